The van der Waals surface area contributed by atoms with Gasteiger partial charge in [0.25, 0.3) is 0 Å². The third-order valence-corrected chi connectivity index (χ3v) is 2.86. The highest BCUT2D eigenvalue weighted by molar-refractivity contribution is 7.80. The summed E-state index contributed by atoms with van der Waals surface area (Å²) in [6, 6.07) is 5.53. The number of benzene rings is 1. The Balaban J connectivity index is 2.87. The van der Waals surface area contributed by atoms with E-state index >= 15 is 0 Å². The molecule has 4 N–H and O–H groups in total. The Labute approximate surface area is 119 Å². The van der Waals surface area contributed by atoms with Gasteiger partial charge in [0.15, 0.2) is 0 Å². The van der Waals surface area contributed by atoms with E-state index in [9.17, 15) is 4.79 Å². The first-order valence-corrected chi connectivity index (χ1v) is 6.69. The third kappa shape index (κ3) is 4.52. The molecule has 1 rings (SSSR count). The van der Waals surface area contributed by atoms with Crippen molar-refractivity contribution in [3.8, 4) is 0 Å². The van der Waals surface area contributed by atoms with Crippen LogP contribution in [-0.4, -0.2) is 23.0 Å². The fourth-order valence-electron chi connectivity index (χ4n) is 1.70. The van der Waals surface area contributed by atoms with Gasteiger partial charge in [-0.3, -0.25) is 4.79 Å². The van der Waals surface area contributed by atoms with Crippen molar-refractivity contribution in [2.75, 3.05) is 5.32 Å². The molecule has 0 saturated heterocycles. The standard InChI is InChI=1S/C14H21N3OS/c1-8(2)16-14(18)10(4)17-12-6-5-9(3)7-11(12)13(15)19/h5-8,10,17H,1-4H3,(H2,15,19)(H,16,18). The second-order valence-corrected chi connectivity index (χ2v) is 5.38. The van der Waals surface area contributed by atoms with Crippen molar-refractivity contribution in [3.63, 3.8) is 0 Å². The molecule has 4 nitrogen and oxygen atoms in total. The summed E-state index contributed by atoms with van der Waals surface area (Å²) in [6.45, 7) is 7.63. The van der Waals surface area contributed by atoms with Gasteiger partial charge in [-0.25, -0.2) is 0 Å². The molecule has 0 spiro atoms. The molecule has 0 aliphatic carbocycles. The Hall–Kier alpha value is -1.62. The molecule has 0 aromatic heterocycles. The van der Waals surface area contributed by atoms with E-state index in [-0.39, 0.29) is 18.0 Å². The second kappa shape index (κ2) is 6.52. The van der Waals surface area contributed by atoms with Gasteiger partial charge >= 0.3 is 0 Å². The third-order valence-electron chi connectivity index (χ3n) is 2.64. The number of nitrogens with one attached hydrogen (secondary N) is 2. The molecular formula is C14H21N3OS. The Kier molecular flexibility index (Phi) is 5.30. The molecule has 1 aromatic rings. The van der Waals surface area contributed by atoms with Gasteiger partial charge in [-0.1, -0.05) is 23.8 Å². The monoisotopic (exact) mass is 279 g/mol. The average molecular weight is 279 g/mol. The van der Waals surface area contributed by atoms with Gasteiger partial charge in [0, 0.05) is 17.3 Å². The highest BCUT2D eigenvalue weighted by Gasteiger charge is 2.15. The lowest BCUT2D eigenvalue weighted by molar-refractivity contribution is -0.122. The van der Waals surface area contributed by atoms with Gasteiger partial charge in [-0.05, 0) is 39.8 Å². The lowest BCUT2D eigenvalue weighted by Gasteiger charge is -2.19. The molecule has 0 aliphatic rings. The number of hydrogen-bond donors (Lipinski definition) is 3. The van der Waals surface area contributed by atoms with E-state index in [0.717, 1.165) is 16.8 Å². The number of hydrogen-bond acceptors (Lipinski definition) is 3. The number of aryl methyl sites for hydroxylation is 1. The van der Waals surface area contributed by atoms with Crippen LogP contribution in [0.2, 0.25) is 0 Å². The van der Waals surface area contributed by atoms with Crippen molar-refractivity contribution >= 4 is 28.8 Å². The predicted octanol–water partition coefficient (Wildman–Crippen LogP) is 1.95. The molecule has 5 heteroatoms. The van der Waals surface area contributed by atoms with Crippen LogP contribution >= 0.6 is 12.2 Å². The highest BCUT2D eigenvalue weighted by atomic mass is 32.1. The van der Waals surface area contributed by atoms with E-state index in [4.69, 9.17) is 18.0 Å². The summed E-state index contributed by atoms with van der Waals surface area (Å²) in [6.07, 6.45) is 0. The Morgan fingerprint density at radius 1 is 1.32 bits per heavy atom. The average Bonchev–Trinajstić information content (AvgIpc) is 2.30. The minimum Gasteiger partial charge on any atom is -0.389 e. The lowest BCUT2D eigenvalue weighted by atomic mass is 10.1. The van der Waals surface area contributed by atoms with Gasteiger partial charge in [0.05, 0.1) is 0 Å². The largest absolute Gasteiger partial charge is 0.389 e. The minimum absolute atomic E-state index is 0.0514. The lowest BCUT2D eigenvalue weighted by Crippen LogP contribution is -2.41. The van der Waals surface area contributed by atoms with Gasteiger partial charge in [0.1, 0.15) is 11.0 Å². The zero-order valence-corrected chi connectivity index (χ0v) is 12.6. The maximum absolute atomic E-state index is 11.9. The first-order valence-electron chi connectivity index (χ1n) is 6.28. The highest BCUT2D eigenvalue weighted by Crippen LogP contribution is 2.18. The summed E-state index contributed by atoms with van der Waals surface area (Å²) in [5, 5.41) is 6.00. The van der Waals surface area contributed by atoms with Crippen LogP contribution < -0.4 is 16.4 Å². The molecule has 0 fully saturated rings. The van der Waals surface area contributed by atoms with Gasteiger partial charge in [0.2, 0.25) is 5.91 Å². The minimum atomic E-state index is -0.349. The first kappa shape index (κ1) is 15.4. The maximum Gasteiger partial charge on any atom is 0.242 e. The van der Waals surface area contributed by atoms with E-state index in [1.54, 1.807) is 6.92 Å². The molecule has 1 unspecified atom stereocenters. The van der Waals surface area contributed by atoms with E-state index in [1.165, 1.54) is 0 Å². The van der Waals surface area contributed by atoms with Crippen molar-refractivity contribution in [1.29, 1.82) is 0 Å². The van der Waals surface area contributed by atoms with Crippen LogP contribution in [-0.2, 0) is 4.79 Å². The maximum atomic E-state index is 11.9. The van der Waals surface area contributed by atoms with Crippen LogP contribution in [0.3, 0.4) is 0 Å². The number of nitrogens with two attached hydrogens (primary N) is 1. The molecule has 104 valence electrons. The molecule has 19 heavy (non-hydrogen) atoms. The summed E-state index contributed by atoms with van der Waals surface area (Å²) in [7, 11) is 0. The number of amides is 1. The van der Waals surface area contributed by atoms with E-state index in [2.05, 4.69) is 10.6 Å². The summed E-state index contributed by atoms with van der Waals surface area (Å²) < 4.78 is 0. The van der Waals surface area contributed by atoms with Crippen LogP contribution in [0.5, 0.6) is 0 Å². The van der Waals surface area contributed by atoms with E-state index in [0.29, 0.717) is 4.99 Å². The second-order valence-electron chi connectivity index (χ2n) is 4.94. The number of thiocarbonyl (C=S) groups is 1. The molecule has 0 bridgehead atoms. The van der Waals surface area contributed by atoms with Crippen molar-refractivity contribution in [1.82, 2.24) is 5.32 Å². The molecule has 0 aliphatic heterocycles. The first-order chi connectivity index (χ1) is 8.81. The zero-order valence-electron chi connectivity index (χ0n) is 11.8. The Morgan fingerprint density at radius 3 is 2.47 bits per heavy atom. The van der Waals surface area contributed by atoms with E-state index < -0.39 is 0 Å². The molecule has 0 saturated carbocycles. The Morgan fingerprint density at radius 2 is 1.95 bits per heavy atom. The summed E-state index contributed by atoms with van der Waals surface area (Å²) in [4.78, 5) is 12.2. The summed E-state index contributed by atoms with van der Waals surface area (Å²) >= 11 is 5.03. The molecule has 0 radical (unpaired) electrons. The quantitative estimate of drug-likeness (QED) is 0.721. The van der Waals surface area contributed by atoms with Crippen LogP contribution in [0.4, 0.5) is 5.69 Å². The van der Waals surface area contributed by atoms with Crippen molar-refractivity contribution < 1.29 is 4.79 Å². The predicted molar refractivity (Wildman–Crippen MR) is 83.4 cm³/mol. The summed E-state index contributed by atoms with van der Waals surface area (Å²) in [5.41, 5.74) is 8.33. The van der Waals surface area contributed by atoms with Crippen LogP contribution in [0, 0.1) is 6.92 Å². The number of anilines is 1. The molecule has 0 heterocycles. The van der Waals surface area contributed by atoms with Gasteiger partial charge < -0.3 is 16.4 Å². The van der Waals surface area contributed by atoms with E-state index in [1.807, 2.05) is 39.0 Å². The molecule has 1 atom stereocenters. The fraction of sp³-hybridized carbons (Fsp3) is 0.429. The normalized spacial score (nSPS) is 12.1. The summed E-state index contributed by atoms with van der Waals surface area (Å²) in [5.74, 6) is -0.0514. The van der Waals surface area contributed by atoms with Crippen LogP contribution in [0.1, 0.15) is 31.9 Å². The number of carbonyl (C=O) groups is 1. The zero-order chi connectivity index (χ0) is 14.6. The molecule has 1 amide bonds. The fourth-order valence-corrected chi connectivity index (χ4v) is 1.87. The smallest absolute Gasteiger partial charge is 0.242 e. The van der Waals surface area contributed by atoms with Crippen molar-refractivity contribution in [3.05, 3.63) is 29.3 Å². The van der Waals surface area contributed by atoms with Crippen LogP contribution in [0.25, 0.3) is 0 Å². The number of rotatable bonds is 5. The van der Waals surface area contributed by atoms with Gasteiger partial charge in [-0.15, -0.1) is 0 Å². The van der Waals surface area contributed by atoms with Crippen molar-refractivity contribution in [2.24, 2.45) is 5.73 Å². The molecule has 1 aromatic carbocycles. The van der Waals surface area contributed by atoms with Gasteiger partial charge in [-0.2, -0.15) is 0 Å². The SMILES string of the molecule is Cc1ccc(NC(C)C(=O)NC(C)C)c(C(N)=S)c1. The Bertz CT molecular complexity index is 486. The van der Waals surface area contributed by atoms with Crippen molar-refractivity contribution in [2.45, 2.75) is 39.8 Å². The van der Waals surface area contributed by atoms with Crippen LogP contribution in [0.15, 0.2) is 18.2 Å². The number of carbonyl (C=O) groups excluding carboxylic acids is 1. The topological polar surface area (TPSA) is 67.2 Å². The molecular weight excluding hydrogens is 258 g/mol.